The highest BCUT2D eigenvalue weighted by Gasteiger charge is 2.46. The van der Waals surface area contributed by atoms with Gasteiger partial charge in [-0.25, -0.2) is 4.79 Å². The molecule has 2 saturated heterocycles. The number of ether oxygens (including phenoxy) is 5. The van der Waals surface area contributed by atoms with E-state index in [9.17, 15) is 35.4 Å². The van der Waals surface area contributed by atoms with Crippen molar-refractivity contribution in [1.29, 1.82) is 0 Å². The summed E-state index contributed by atoms with van der Waals surface area (Å²) in [5, 5.41) is 60.8. The van der Waals surface area contributed by atoms with Crippen molar-refractivity contribution in [2.75, 3.05) is 20.3 Å². The maximum absolute atomic E-state index is 11.5. The van der Waals surface area contributed by atoms with E-state index in [0.717, 1.165) is 0 Å². The zero-order valence-corrected chi connectivity index (χ0v) is 18.0. The highest BCUT2D eigenvalue weighted by molar-refractivity contribution is 5.80. The van der Waals surface area contributed by atoms with Crippen LogP contribution in [0.25, 0.3) is 11.0 Å². The molecular formula is C21H26O13. The number of aliphatic hydroxyl groups is 6. The van der Waals surface area contributed by atoms with E-state index in [2.05, 4.69) is 0 Å². The molecule has 0 radical (unpaired) electrons. The van der Waals surface area contributed by atoms with Gasteiger partial charge in [-0.05, 0) is 12.1 Å². The standard InChI is InChI=1S/C21H26O13/c1-29-11-4-8-2-3-14(23)32-10(8)5-12(11)33-21-19(28)17(26)16(25)13(34-21)7-31-20-18(27)15(24)9(22)6-30-20/h2-5,9,13,15-22,24-28H,6-7H2,1H3. The molecule has 13 heteroatoms. The first-order chi connectivity index (χ1) is 16.2. The van der Waals surface area contributed by atoms with Gasteiger partial charge in [0.05, 0.1) is 20.3 Å². The van der Waals surface area contributed by atoms with Crippen LogP contribution in [0.3, 0.4) is 0 Å². The van der Waals surface area contributed by atoms with Crippen LogP contribution in [0.4, 0.5) is 0 Å². The molecule has 9 unspecified atom stereocenters. The Morgan fingerprint density at radius 1 is 0.912 bits per heavy atom. The van der Waals surface area contributed by atoms with Gasteiger partial charge >= 0.3 is 5.63 Å². The Morgan fingerprint density at radius 2 is 1.65 bits per heavy atom. The summed E-state index contributed by atoms with van der Waals surface area (Å²) in [7, 11) is 1.38. The van der Waals surface area contributed by atoms with E-state index in [1.54, 1.807) is 0 Å². The second-order valence-corrected chi connectivity index (χ2v) is 8.01. The van der Waals surface area contributed by atoms with Crippen LogP contribution in [-0.2, 0) is 14.2 Å². The molecule has 9 atom stereocenters. The molecule has 0 saturated carbocycles. The molecule has 4 rings (SSSR count). The second kappa shape index (κ2) is 10.1. The third-order valence-electron chi connectivity index (χ3n) is 5.70. The Labute approximate surface area is 192 Å². The van der Waals surface area contributed by atoms with Crippen molar-refractivity contribution < 1.29 is 58.7 Å². The largest absolute Gasteiger partial charge is 0.493 e. The molecule has 188 valence electrons. The van der Waals surface area contributed by atoms with Gasteiger partial charge in [0, 0.05) is 17.5 Å². The molecule has 13 nitrogen and oxygen atoms in total. The van der Waals surface area contributed by atoms with E-state index in [-0.39, 0.29) is 23.7 Å². The summed E-state index contributed by atoms with van der Waals surface area (Å²) < 4.78 is 32.2. The number of rotatable bonds is 6. The molecule has 2 aliphatic heterocycles. The lowest BCUT2D eigenvalue weighted by molar-refractivity contribution is -0.307. The summed E-state index contributed by atoms with van der Waals surface area (Å²) in [4.78, 5) is 11.5. The number of benzene rings is 1. The molecule has 2 fully saturated rings. The highest BCUT2D eigenvalue weighted by atomic mass is 16.7. The topological polar surface area (TPSA) is 198 Å². The van der Waals surface area contributed by atoms with E-state index in [4.69, 9.17) is 28.1 Å². The summed E-state index contributed by atoms with van der Waals surface area (Å²) in [6, 6.07) is 5.67. The first-order valence-corrected chi connectivity index (χ1v) is 10.4. The zero-order chi connectivity index (χ0) is 24.6. The molecule has 34 heavy (non-hydrogen) atoms. The van der Waals surface area contributed by atoms with Crippen molar-refractivity contribution in [3.8, 4) is 11.5 Å². The van der Waals surface area contributed by atoms with Crippen LogP contribution < -0.4 is 15.1 Å². The normalized spacial score (nSPS) is 36.4. The van der Waals surface area contributed by atoms with Gasteiger partial charge in [0.2, 0.25) is 6.29 Å². The first kappa shape index (κ1) is 24.8. The quantitative estimate of drug-likeness (QED) is 0.233. The lowest BCUT2D eigenvalue weighted by atomic mass is 9.99. The van der Waals surface area contributed by atoms with E-state index in [1.165, 1.54) is 31.4 Å². The Balaban J connectivity index is 1.49. The van der Waals surface area contributed by atoms with Gasteiger partial charge < -0.3 is 58.7 Å². The fraction of sp³-hybridized carbons (Fsp3) is 0.571. The first-order valence-electron chi connectivity index (χ1n) is 10.4. The van der Waals surface area contributed by atoms with Crippen LogP contribution in [-0.4, -0.2) is 106 Å². The van der Waals surface area contributed by atoms with Gasteiger partial charge in [-0.3, -0.25) is 0 Å². The summed E-state index contributed by atoms with van der Waals surface area (Å²) in [6.07, 6.45) is -13.4. The van der Waals surface area contributed by atoms with Crippen LogP contribution in [0.1, 0.15) is 0 Å². The van der Waals surface area contributed by atoms with E-state index >= 15 is 0 Å². The minimum Gasteiger partial charge on any atom is -0.493 e. The number of methoxy groups -OCH3 is 1. The van der Waals surface area contributed by atoms with E-state index in [0.29, 0.717) is 5.39 Å². The SMILES string of the molecule is COc1cc2ccc(=O)oc2cc1OC1OC(COC2OCC(O)C(O)C2O)C(O)C(O)C1O. The Hall–Kier alpha value is -2.33. The van der Waals surface area contributed by atoms with Gasteiger partial charge in [0.15, 0.2) is 17.8 Å². The van der Waals surface area contributed by atoms with Crippen LogP contribution in [0.2, 0.25) is 0 Å². The molecule has 0 aliphatic carbocycles. The molecule has 0 spiro atoms. The maximum atomic E-state index is 11.5. The molecule has 2 aliphatic rings. The maximum Gasteiger partial charge on any atom is 0.336 e. The average molecular weight is 486 g/mol. The molecule has 1 aromatic heterocycles. The van der Waals surface area contributed by atoms with E-state index < -0.39 is 67.5 Å². The number of fused-ring (bicyclic) bond motifs is 1. The van der Waals surface area contributed by atoms with Crippen LogP contribution in [0.5, 0.6) is 11.5 Å². The number of aliphatic hydroxyl groups excluding tert-OH is 6. The van der Waals surface area contributed by atoms with Gasteiger partial charge in [-0.2, -0.15) is 0 Å². The monoisotopic (exact) mass is 486 g/mol. The minimum atomic E-state index is -1.69. The van der Waals surface area contributed by atoms with Crippen LogP contribution in [0.15, 0.2) is 33.5 Å². The third-order valence-corrected chi connectivity index (χ3v) is 5.70. The van der Waals surface area contributed by atoms with Gasteiger partial charge in [-0.15, -0.1) is 0 Å². The lowest BCUT2D eigenvalue weighted by Crippen LogP contribution is -2.61. The molecule has 0 bridgehead atoms. The predicted octanol–water partition coefficient (Wildman–Crippen LogP) is -2.56. The van der Waals surface area contributed by atoms with Crippen LogP contribution >= 0.6 is 0 Å². The second-order valence-electron chi connectivity index (χ2n) is 8.01. The Bertz CT molecular complexity index is 1040. The lowest BCUT2D eigenvalue weighted by Gasteiger charge is -2.41. The third kappa shape index (κ3) is 4.88. The summed E-state index contributed by atoms with van der Waals surface area (Å²) in [5.74, 6) is 0.247. The summed E-state index contributed by atoms with van der Waals surface area (Å²) >= 11 is 0. The van der Waals surface area contributed by atoms with Gasteiger partial charge in [0.25, 0.3) is 0 Å². The van der Waals surface area contributed by atoms with Crippen molar-refractivity contribution in [2.45, 2.75) is 55.3 Å². The zero-order valence-electron chi connectivity index (χ0n) is 18.0. The Morgan fingerprint density at radius 3 is 2.38 bits per heavy atom. The number of hydrogen-bond donors (Lipinski definition) is 6. The number of hydrogen-bond acceptors (Lipinski definition) is 13. The summed E-state index contributed by atoms with van der Waals surface area (Å²) in [5.41, 5.74) is -0.406. The van der Waals surface area contributed by atoms with Crippen molar-refractivity contribution >= 4 is 11.0 Å². The van der Waals surface area contributed by atoms with E-state index in [1.807, 2.05) is 0 Å². The Kier molecular flexibility index (Phi) is 7.37. The fourth-order valence-corrected chi connectivity index (χ4v) is 3.72. The highest BCUT2D eigenvalue weighted by Crippen LogP contribution is 2.34. The predicted molar refractivity (Wildman–Crippen MR) is 110 cm³/mol. The molecule has 6 N–H and O–H groups in total. The van der Waals surface area contributed by atoms with Gasteiger partial charge in [0.1, 0.15) is 48.3 Å². The van der Waals surface area contributed by atoms with Crippen molar-refractivity contribution in [1.82, 2.24) is 0 Å². The fourth-order valence-electron chi connectivity index (χ4n) is 3.72. The smallest absolute Gasteiger partial charge is 0.336 e. The molecule has 0 amide bonds. The molecule has 2 aromatic rings. The minimum absolute atomic E-state index is 0.0276. The van der Waals surface area contributed by atoms with Gasteiger partial charge in [-0.1, -0.05) is 0 Å². The molecule has 1 aromatic carbocycles. The van der Waals surface area contributed by atoms with Crippen molar-refractivity contribution in [2.24, 2.45) is 0 Å². The van der Waals surface area contributed by atoms with Crippen LogP contribution in [0, 0.1) is 0 Å². The van der Waals surface area contributed by atoms with Crippen molar-refractivity contribution in [3.05, 3.63) is 34.7 Å². The molecular weight excluding hydrogens is 460 g/mol. The van der Waals surface area contributed by atoms with Crippen molar-refractivity contribution in [3.63, 3.8) is 0 Å². The molecule has 3 heterocycles. The summed E-state index contributed by atoms with van der Waals surface area (Å²) in [6.45, 7) is -0.721. The average Bonchev–Trinajstić information content (AvgIpc) is 2.82.